The summed E-state index contributed by atoms with van der Waals surface area (Å²) in [5, 5.41) is 5.98. The number of rotatable bonds is 6. The number of carbonyl (C=O) groups excluding carboxylic acids is 2. The van der Waals surface area contributed by atoms with Gasteiger partial charge in [0.25, 0.3) is 5.91 Å². The van der Waals surface area contributed by atoms with E-state index < -0.39 is 30.2 Å². The first-order chi connectivity index (χ1) is 11.8. The van der Waals surface area contributed by atoms with Gasteiger partial charge < -0.3 is 14.8 Å². The van der Waals surface area contributed by atoms with Crippen LogP contribution in [0.15, 0.2) is 24.3 Å². The van der Waals surface area contributed by atoms with Crippen molar-refractivity contribution in [3.05, 3.63) is 35.5 Å². The Kier molecular flexibility index (Phi) is 5.91. The van der Waals surface area contributed by atoms with E-state index in [9.17, 15) is 22.8 Å². The second-order valence-electron chi connectivity index (χ2n) is 4.53. The third-order valence-corrected chi connectivity index (χ3v) is 3.38. The lowest BCUT2D eigenvalue weighted by molar-refractivity contribution is -0.137. The molecule has 1 N–H and O–H groups in total. The molecule has 1 heterocycles. The van der Waals surface area contributed by atoms with Gasteiger partial charge in [0.05, 0.1) is 12.2 Å². The monoisotopic (exact) mass is 375 g/mol. The zero-order chi connectivity index (χ0) is 18.4. The van der Waals surface area contributed by atoms with E-state index >= 15 is 0 Å². The van der Waals surface area contributed by atoms with Gasteiger partial charge in [-0.3, -0.25) is 4.79 Å². The van der Waals surface area contributed by atoms with Gasteiger partial charge >= 0.3 is 12.1 Å². The minimum Gasteiger partial charge on any atom is -0.484 e. The topological polar surface area (TPSA) is 90.4 Å². The molecule has 7 nitrogen and oxygen atoms in total. The van der Waals surface area contributed by atoms with Gasteiger partial charge in [0, 0.05) is 11.5 Å². The number of nitrogens with zero attached hydrogens (tertiary/aromatic N) is 2. The van der Waals surface area contributed by atoms with E-state index in [1.54, 1.807) is 6.92 Å². The Morgan fingerprint density at radius 3 is 2.76 bits per heavy atom. The lowest BCUT2D eigenvalue weighted by Gasteiger charge is -2.10. The molecular formula is C14H12F3N3O4S. The average Bonchev–Trinajstić information content (AvgIpc) is 3.01. The number of esters is 1. The van der Waals surface area contributed by atoms with Crippen LogP contribution in [0.2, 0.25) is 0 Å². The van der Waals surface area contributed by atoms with E-state index in [4.69, 9.17) is 9.47 Å². The second kappa shape index (κ2) is 7.92. The fraction of sp³-hybridized carbons (Fsp3) is 0.286. The van der Waals surface area contributed by atoms with Crippen LogP contribution in [-0.4, -0.2) is 34.7 Å². The Morgan fingerprint density at radius 2 is 2.08 bits per heavy atom. The first kappa shape index (κ1) is 18.6. The molecule has 0 saturated heterocycles. The van der Waals surface area contributed by atoms with Crippen LogP contribution < -0.4 is 10.1 Å². The molecule has 0 bridgehead atoms. The standard InChI is InChI=1S/C14H12F3N3O4S/c1-2-23-13(22)11-12(25-20-19-11)18-10(21)7-24-9-5-3-4-8(6-9)14(15,16)17/h3-6H,2,7H2,1H3,(H,18,21). The summed E-state index contributed by atoms with van der Waals surface area (Å²) < 4.78 is 51.2. The molecule has 0 radical (unpaired) electrons. The highest BCUT2D eigenvalue weighted by Crippen LogP contribution is 2.31. The lowest BCUT2D eigenvalue weighted by Crippen LogP contribution is -2.21. The number of hydrogen-bond donors (Lipinski definition) is 1. The molecule has 1 aromatic carbocycles. The highest BCUT2D eigenvalue weighted by Gasteiger charge is 2.30. The SMILES string of the molecule is CCOC(=O)c1nnsc1NC(=O)COc1cccc(C(F)(F)F)c1. The number of hydrogen-bond acceptors (Lipinski definition) is 7. The van der Waals surface area contributed by atoms with Gasteiger partial charge in [0.15, 0.2) is 11.6 Å². The molecule has 0 spiro atoms. The fourth-order valence-electron chi connectivity index (χ4n) is 1.68. The van der Waals surface area contributed by atoms with Gasteiger partial charge in [0.1, 0.15) is 5.75 Å². The Hall–Kier alpha value is -2.69. The fourth-order valence-corrected chi connectivity index (χ4v) is 2.25. The predicted octanol–water partition coefficient (Wildman–Crippen LogP) is 2.75. The van der Waals surface area contributed by atoms with Crippen molar-refractivity contribution in [1.29, 1.82) is 0 Å². The number of carbonyl (C=O) groups is 2. The minimum atomic E-state index is -4.51. The minimum absolute atomic E-state index is 0.0658. The number of halogens is 3. The van der Waals surface area contributed by atoms with Crippen LogP contribution >= 0.6 is 11.5 Å². The molecule has 0 aliphatic heterocycles. The lowest BCUT2D eigenvalue weighted by atomic mass is 10.2. The Bertz CT molecular complexity index is 764. The third kappa shape index (κ3) is 5.14. The van der Waals surface area contributed by atoms with Crippen molar-refractivity contribution in [2.24, 2.45) is 0 Å². The number of ether oxygens (including phenoxy) is 2. The largest absolute Gasteiger partial charge is 0.484 e. The average molecular weight is 375 g/mol. The molecule has 0 fully saturated rings. The molecule has 0 unspecified atom stereocenters. The van der Waals surface area contributed by atoms with Crippen LogP contribution in [0.25, 0.3) is 0 Å². The first-order valence-corrected chi connectivity index (χ1v) is 7.68. The first-order valence-electron chi connectivity index (χ1n) is 6.90. The van der Waals surface area contributed by atoms with E-state index in [1.165, 1.54) is 12.1 Å². The highest BCUT2D eigenvalue weighted by molar-refractivity contribution is 7.10. The predicted molar refractivity (Wildman–Crippen MR) is 81.4 cm³/mol. The third-order valence-electron chi connectivity index (χ3n) is 2.74. The Balaban J connectivity index is 1.96. The second-order valence-corrected chi connectivity index (χ2v) is 5.29. The van der Waals surface area contributed by atoms with E-state index in [2.05, 4.69) is 14.9 Å². The van der Waals surface area contributed by atoms with E-state index in [0.29, 0.717) is 0 Å². The van der Waals surface area contributed by atoms with Crippen molar-refractivity contribution in [1.82, 2.24) is 9.59 Å². The quantitative estimate of drug-likeness (QED) is 0.781. The molecule has 25 heavy (non-hydrogen) atoms. The van der Waals surface area contributed by atoms with Crippen molar-refractivity contribution in [2.75, 3.05) is 18.5 Å². The van der Waals surface area contributed by atoms with Crippen molar-refractivity contribution in [2.45, 2.75) is 13.1 Å². The maximum atomic E-state index is 12.6. The van der Waals surface area contributed by atoms with Crippen molar-refractivity contribution >= 4 is 28.4 Å². The number of benzene rings is 1. The maximum absolute atomic E-state index is 12.6. The van der Waals surface area contributed by atoms with E-state index in [1.807, 2.05) is 0 Å². The van der Waals surface area contributed by atoms with Gasteiger partial charge in [-0.2, -0.15) is 13.2 Å². The van der Waals surface area contributed by atoms with Gasteiger partial charge in [0.2, 0.25) is 5.69 Å². The molecule has 1 aromatic heterocycles. The molecular weight excluding hydrogens is 363 g/mol. The molecule has 0 saturated carbocycles. The molecule has 2 rings (SSSR count). The molecule has 0 aliphatic carbocycles. The van der Waals surface area contributed by atoms with Crippen molar-refractivity contribution < 1.29 is 32.2 Å². The summed E-state index contributed by atoms with van der Waals surface area (Å²) in [5.41, 5.74) is -1.04. The van der Waals surface area contributed by atoms with Crippen LogP contribution in [0.5, 0.6) is 5.75 Å². The highest BCUT2D eigenvalue weighted by atomic mass is 32.1. The van der Waals surface area contributed by atoms with Gasteiger partial charge in [-0.05, 0) is 25.1 Å². The van der Waals surface area contributed by atoms with E-state index in [0.717, 1.165) is 23.7 Å². The Labute approximate surface area is 143 Å². The molecule has 11 heteroatoms. The van der Waals surface area contributed by atoms with Crippen LogP contribution in [0, 0.1) is 0 Å². The van der Waals surface area contributed by atoms with Crippen molar-refractivity contribution in [3.8, 4) is 5.75 Å². The summed E-state index contributed by atoms with van der Waals surface area (Å²) >= 11 is 0.761. The molecule has 1 amide bonds. The summed E-state index contributed by atoms with van der Waals surface area (Å²) in [5.74, 6) is -1.54. The van der Waals surface area contributed by atoms with E-state index in [-0.39, 0.29) is 23.1 Å². The number of amides is 1. The number of nitrogens with one attached hydrogen (secondary N) is 1. The number of aromatic nitrogens is 2. The van der Waals surface area contributed by atoms with Gasteiger partial charge in [-0.25, -0.2) is 4.79 Å². The van der Waals surface area contributed by atoms with Crippen LogP contribution in [0.3, 0.4) is 0 Å². The summed E-state index contributed by atoms with van der Waals surface area (Å²) in [6.07, 6.45) is -4.51. The molecule has 0 atom stereocenters. The number of alkyl halides is 3. The van der Waals surface area contributed by atoms with Crippen LogP contribution in [0.1, 0.15) is 23.0 Å². The summed E-state index contributed by atoms with van der Waals surface area (Å²) in [7, 11) is 0. The molecule has 0 aliphatic rings. The zero-order valence-corrected chi connectivity index (χ0v) is 13.6. The van der Waals surface area contributed by atoms with Gasteiger partial charge in [-0.1, -0.05) is 10.6 Å². The van der Waals surface area contributed by atoms with Crippen LogP contribution in [0.4, 0.5) is 18.2 Å². The van der Waals surface area contributed by atoms with Crippen LogP contribution in [-0.2, 0) is 15.7 Å². The molecule has 134 valence electrons. The smallest absolute Gasteiger partial charge is 0.416 e. The molecule has 2 aromatic rings. The maximum Gasteiger partial charge on any atom is 0.416 e. The van der Waals surface area contributed by atoms with Gasteiger partial charge in [-0.15, -0.1) is 5.10 Å². The number of anilines is 1. The zero-order valence-electron chi connectivity index (χ0n) is 12.8. The summed E-state index contributed by atoms with van der Waals surface area (Å²) in [6, 6.07) is 4.13. The Morgan fingerprint density at radius 1 is 1.32 bits per heavy atom. The summed E-state index contributed by atoms with van der Waals surface area (Å²) in [6.45, 7) is 1.18. The van der Waals surface area contributed by atoms with Crippen molar-refractivity contribution in [3.63, 3.8) is 0 Å². The normalized spacial score (nSPS) is 11.0. The summed E-state index contributed by atoms with van der Waals surface area (Å²) in [4.78, 5) is 23.5.